The van der Waals surface area contributed by atoms with E-state index in [2.05, 4.69) is 5.32 Å². The van der Waals surface area contributed by atoms with E-state index in [1.807, 2.05) is 4.90 Å². The molecule has 0 aliphatic carbocycles. The summed E-state index contributed by atoms with van der Waals surface area (Å²) in [6, 6.07) is 7.02. The predicted octanol–water partition coefficient (Wildman–Crippen LogP) is 2.22. The van der Waals surface area contributed by atoms with Crippen molar-refractivity contribution in [2.24, 2.45) is 0 Å². The molecule has 5 nitrogen and oxygen atoms in total. The Morgan fingerprint density at radius 2 is 1.95 bits per heavy atom. The summed E-state index contributed by atoms with van der Waals surface area (Å²) >= 11 is 5.92. The number of amides is 3. The van der Waals surface area contributed by atoms with E-state index >= 15 is 0 Å². The van der Waals surface area contributed by atoms with E-state index < -0.39 is 0 Å². The number of urea groups is 1. The lowest BCUT2D eigenvalue weighted by molar-refractivity contribution is 0.0707. The van der Waals surface area contributed by atoms with E-state index in [1.54, 1.807) is 38.4 Å². The van der Waals surface area contributed by atoms with Crippen LogP contribution in [0.1, 0.15) is 23.2 Å². The number of halogens is 1. The zero-order chi connectivity index (χ0) is 15.4. The average molecular weight is 310 g/mol. The first-order valence-electron chi connectivity index (χ1n) is 7.00. The van der Waals surface area contributed by atoms with Gasteiger partial charge in [0.2, 0.25) is 0 Å². The first-order valence-corrected chi connectivity index (χ1v) is 7.38. The molecule has 21 heavy (non-hydrogen) atoms. The Kier molecular flexibility index (Phi) is 5.07. The van der Waals surface area contributed by atoms with Gasteiger partial charge in [-0.1, -0.05) is 17.7 Å². The van der Waals surface area contributed by atoms with E-state index in [0.29, 0.717) is 23.7 Å². The van der Waals surface area contributed by atoms with Gasteiger partial charge >= 0.3 is 6.03 Å². The van der Waals surface area contributed by atoms with Crippen molar-refractivity contribution in [3.63, 3.8) is 0 Å². The van der Waals surface area contributed by atoms with Gasteiger partial charge in [-0.05, 0) is 31.0 Å². The van der Waals surface area contributed by atoms with Crippen LogP contribution >= 0.6 is 11.6 Å². The summed E-state index contributed by atoms with van der Waals surface area (Å²) in [6.45, 7) is 1.29. The molecule has 0 aromatic heterocycles. The lowest BCUT2D eigenvalue weighted by Gasteiger charge is -2.33. The largest absolute Gasteiger partial charge is 0.338 e. The highest BCUT2D eigenvalue weighted by molar-refractivity contribution is 6.30. The fourth-order valence-corrected chi connectivity index (χ4v) is 2.53. The molecule has 1 aromatic rings. The minimum Gasteiger partial charge on any atom is -0.338 e. The maximum Gasteiger partial charge on any atom is 0.317 e. The topological polar surface area (TPSA) is 52.7 Å². The van der Waals surface area contributed by atoms with Crippen LogP contribution in [0, 0.1) is 0 Å². The van der Waals surface area contributed by atoms with Crippen molar-refractivity contribution in [3.05, 3.63) is 34.9 Å². The van der Waals surface area contributed by atoms with Crippen LogP contribution in [-0.4, -0.2) is 55.0 Å². The molecule has 6 heteroatoms. The molecule has 1 aromatic carbocycles. The number of benzene rings is 1. The minimum absolute atomic E-state index is 0.00474. The van der Waals surface area contributed by atoms with Crippen LogP contribution in [-0.2, 0) is 0 Å². The minimum atomic E-state index is -0.0883. The summed E-state index contributed by atoms with van der Waals surface area (Å²) in [6.07, 6.45) is 1.54. The molecule has 0 bridgehead atoms. The first-order chi connectivity index (χ1) is 9.97. The number of hydrogen-bond acceptors (Lipinski definition) is 2. The Hall–Kier alpha value is -1.75. The molecular weight excluding hydrogens is 290 g/mol. The van der Waals surface area contributed by atoms with E-state index in [-0.39, 0.29) is 18.0 Å². The zero-order valence-electron chi connectivity index (χ0n) is 12.3. The molecule has 1 N–H and O–H groups in total. The Labute approximate surface area is 129 Å². The summed E-state index contributed by atoms with van der Waals surface area (Å²) in [5.74, 6) is -0.00474. The van der Waals surface area contributed by atoms with E-state index in [0.717, 1.165) is 12.8 Å². The van der Waals surface area contributed by atoms with Gasteiger partial charge in [-0.15, -0.1) is 0 Å². The van der Waals surface area contributed by atoms with Gasteiger partial charge in [-0.3, -0.25) is 4.79 Å². The van der Waals surface area contributed by atoms with Crippen molar-refractivity contribution < 1.29 is 9.59 Å². The van der Waals surface area contributed by atoms with Crippen LogP contribution in [0.5, 0.6) is 0 Å². The van der Waals surface area contributed by atoms with Gasteiger partial charge in [0.1, 0.15) is 0 Å². The Morgan fingerprint density at radius 1 is 1.29 bits per heavy atom. The van der Waals surface area contributed by atoms with Crippen molar-refractivity contribution in [2.45, 2.75) is 18.9 Å². The standard InChI is InChI=1S/C15H20ClN3O2/c1-18(2)15(21)17-13-6-8-19(9-7-13)14(20)11-4-3-5-12(16)10-11/h3-5,10,13H,6-9H2,1-2H3,(H,17,21). The average Bonchev–Trinajstić information content (AvgIpc) is 2.47. The number of piperidine rings is 1. The van der Waals surface area contributed by atoms with Crippen LogP contribution in [0.2, 0.25) is 5.02 Å². The Bertz CT molecular complexity index is 525. The highest BCUT2D eigenvalue weighted by Crippen LogP contribution is 2.16. The van der Waals surface area contributed by atoms with Crippen LogP contribution < -0.4 is 5.32 Å². The second-order valence-electron chi connectivity index (χ2n) is 5.42. The molecule has 0 unspecified atom stereocenters. The molecule has 0 atom stereocenters. The second kappa shape index (κ2) is 6.80. The third-order valence-corrected chi connectivity index (χ3v) is 3.82. The fraction of sp³-hybridized carbons (Fsp3) is 0.467. The highest BCUT2D eigenvalue weighted by Gasteiger charge is 2.24. The number of nitrogens with one attached hydrogen (secondary N) is 1. The van der Waals surface area contributed by atoms with Gasteiger partial charge < -0.3 is 15.1 Å². The molecule has 1 aliphatic heterocycles. The molecule has 0 spiro atoms. The summed E-state index contributed by atoms with van der Waals surface area (Å²) in [7, 11) is 3.43. The zero-order valence-corrected chi connectivity index (χ0v) is 13.1. The number of carbonyl (C=O) groups is 2. The van der Waals surface area contributed by atoms with Crippen molar-refractivity contribution >= 4 is 23.5 Å². The fourth-order valence-electron chi connectivity index (χ4n) is 2.33. The van der Waals surface area contributed by atoms with Crippen molar-refractivity contribution in [3.8, 4) is 0 Å². The SMILES string of the molecule is CN(C)C(=O)NC1CCN(C(=O)c2cccc(Cl)c2)CC1. The molecule has 0 radical (unpaired) electrons. The summed E-state index contributed by atoms with van der Waals surface area (Å²) in [4.78, 5) is 27.3. The third kappa shape index (κ3) is 4.11. The van der Waals surface area contributed by atoms with Crippen LogP contribution in [0.25, 0.3) is 0 Å². The number of likely N-dealkylation sites (tertiary alicyclic amines) is 1. The van der Waals surface area contributed by atoms with Gasteiger partial charge in [0.25, 0.3) is 5.91 Å². The normalized spacial score (nSPS) is 15.7. The number of hydrogen-bond donors (Lipinski definition) is 1. The van der Waals surface area contributed by atoms with Gasteiger partial charge in [0.15, 0.2) is 0 Å². The van der Waals surface area contributed by atoms with Crippen LogP contribution in [0.15, 0.2) is 24.3 Å². The second-order valence-corrected chi connectivity index (χ2v) is 5.86. The van der Waals surface area contributed by atoms with Gasteiger partial charge in [0, 0.05) is 43.8 Å². The lowest BCUT2D eigenvalue weighted by atomic mass is 10.0. The van der Waals surface area contributed by atoms with Gasteiger partial charge in [-0.2, -0.15) is 0 Å². The molecule has 2 rings (SSSR count). The quantitative estimate of drug-likeness (QED) is 0.910. The number of rotatable bonds is 2. The van der Waals surface area contributed by atoms with E-state index in [9.17, 15) is 9.59 Å². The molecule has 1 heterocycles. The smallest absolute Gasteiger partial charge is 0.317 e. The molecule has 0 saturated carbocycles. The van der Waals surface area contributed by atoms with Gasteiger partial charge in [-0.25, -0.2) is 4.79 Å². The maximum absolute atomic E-state index is 12.4. The number of carbonyl (C=O) groups excluding carboxylic acids is 2. The maximum atomic E-state index is 12.4. The molecule has 1 saturated heterocycles. The third-order valence-electron chi connectivity index (χ3n) is 3.59. The van der Waals surface area contributed by atoms with Crippen LogP contribution in [0.3, 0.4) is 0 Å². The monoisotopic (exact) mass is 309 g/mol. The molecule has 1 aliphatic rings. The highest BCUT2D eigenvalue weighted by atomic mass is 35.5. The molecule has 1 fully saturated rings. The number of nitrogens with zero attached hydrogens (tertiary/aromatic N) is 2. The van der Waals surface area contributed by atoms with Crippen molar-refractivity contribution in [2.75, 3.05) is 27.2 Å². The van der Waals surface area contributed by atoms with Crippen molar-refractivity contribution in [1.29, 1.82) is 0 Å². The summed E-state index contributed by atoms with van der Waals surface area (Å²) in [5, 5.41) is 3.52. The van der Waals surface area contributed by atoms with Gasteiger partial charge in [0.05, 0.1) is 0 Å². The lowest BCUT2D eigenvalue weighted by Crippen LogP contribution is -2.48. The predicted molar refractivity (Wildman–Crippen MR) is 82.6 cm³/mol. The Balaban J connectivity index is 1.89. The molecule has 114 valence electrons. The van der Waals surface area contributed by atoms with Crippen LogP contribution in [0.4, 0.5) is 4.79 Å². The Morgan fingerprint density at radius 3 is 2.52 bits per heavy atom. The first kappa shape index (κ1) is 15.6. The van der Waals surface area contributed by atoms with E-state index in [1.165, 1.54) is 4.90 Å². The summed E-state index contributed by atoms with van der Waals surface area (Å²) in [5.41, 5.74) is 0.610. The van der Waals surface area contributed by atoms with E-state index in [4.69, 9.17) is 11.6 Å². The molecular formula is C15H20ClN3O2. The van der Waals surface area contributed by atoms with Crippen molar-refractivity contribution in [1.82, 2.24) is 15.1 Å². The molecule has 3 amide bonds. The summed E-state index contributed by atoms with van der Waals surface area (Å²) < 4.78 is 0.